The summed E-state index contributed by atoms with van der Waals surface area (Å²) in [4.78, 5) is 0. The zero-order valence-corrected chi connectivity index (χ0v) is 6.89. The summed E-state index contributed by atoms with van der Waals surface area (Å²) in [5, 5.41) is 0. The standard InChI is InChI=1S/H6N2Si2/c3-1-2-4/h3-4H3. The fourth-order valence-electron chi connectivity index (χ4n) is 0. The second kappa shape index (κ2) is 3.03. The zero-order chi connectivity index (χ0) is 3.41. The summed E-state index contributed by atoms with van der Waals surface area (Å²) in [5.41, 5.74) is 0. The number of hydrogen-bond acceptors (Lipinski definition) is 2. The molecule has 4 heteroatoms. The molecule has 0 rings (SSSR count). The van der Waals surface area contributed by atoms with Crippen LogP contribution in [-0.2, 0) is 0 Å². The fourth-order valence-corrected chi connectivity index (χ4v) is 0. The van der Waals surface area contributed by atoms with E-state index in [2.05, 4.69) is 9.56 Å². The molecule has 0 radical (unpaired) electrons. The van der Waals surface area contributed by atoms with Crippen LogP contribution in [0.2, 0.25) is 0 Å². The lowest BCUT2D eigenvalue weighted by molar-refractivity contribution is 1.49. The van der Waals surface area contributed by atoms with E-state index < -0.39 is 0 Å². The third-order valence-electron chi connectivity index (χ3n) is 0.200. The Morgan fingerprint density at radius 2 is 1.25 bits per heavy atom. The average Bonchev–Trinajstić information content (AvgIpc) is 1.37. The van der Waals surface area contributed by atoms with Crippen LogP contribution in [0.3, 0.4) is 0 Å². The molecule has 0 aromatic rings. The van der Waals surface area contributed by atoms with Crippen LogP contribution in [0.25, 0.3) is 0 Å². The van der Waals surface area contributed by atoms with E-state index in [1.54, 1.807) is 0 Å². The van der Waals surface area contributed by atoms with E-state index in [0.29, 0.717) is 0 Å². The summed E-state index contributed by atoms with van der Waals surface area (Å²) in [7, 11) is 1.77. The van der Waals surface area contributed by atoms with E-state index >= 15 is 0 Å². The van der Waals surface area contributed by atoms with E-state index in [9.17, 15) is 0 Å². The van der Waals surface area contributed by atoms with Gasteiger partial charge < -0.3 is 0 Å². The van der Waals surface area contributed by atoms with Crippen molar-refractivity contribution in [2.75, 3.05) is 0 Å². The van der Waals surface area contributed by atoms with Crippen LogP contribution in [0.15, 0.2) is 9.56 Å². The van der Waals surface area contributed by atoms with Gasteiger partial charge in [-0.05, 0) is 0 Å². The molecule has 0 fully saturated rings. The van der Waals surface area contributed by atoms with Crippen LogP contribution >= 0.6 is 0 Å². The van der Waals surface area contributed by atoms with Crippen LogP contribution in [-0.4, -0.2) is 20.8 Å². The Labute approximate surface area is 31.3 Å². The third-order valence-corrected chi connectivity index (χ3v) is 1.80. The predicted molar refractivity (Wildman–Crippen MR) is 24.7 cm³/mol. The Kier molecular flexibility index (Phi) is 3.06. The molecule has 0 amide bonds. The van der Waals surface area contributed by atoms with Crippen molar-refractivity contribution >= 4 is 20.8 Å². The van der Waals surface area contributed by atoms with Crippen molar-refractivity contribution in [3.05, 3.63) is 0 Å². The summed E-state index contributed by atoms with van der Waals surface area (Å²) in [6.45, 7) is 0. The maximum absolute atomic E-state index is 3.56. The Bertz CT molecular complexity index is 19.2. The van der Waals surface area contributed by atoms with Crippen molar-refractivity contribution in [1.29, 1.82) is 0 Å². The van der Waals surface area contributed by atoms with Crippen LogP contribution in [0, 0.1) is 0 Å². The van der Waals surface area contributed by atoms with E-state index in [1.807, 2.05) is 0 Å². The summed E-state index contributed by atoms with van der Waals surface area (Å²) < 4.78 is 7.12. The van der Waals surface area contributed by atoms with Gasteiger partial charge in [0.05, 0.1) is 0 Å². The largest absolute Gasteiger partial charge is 0.262 e. The van der Waals surface area contributed by atoms with Gasteiger partial charge in [0.15, 0.2) is 20.8 Å². The van der Waals surface area contributed by atoms with Gasteiger partial charge in [0.1, 0.15) is 0 Å². The maximum atomic E-state index is 3.56. The minimum atomic E-state index is 0.883. The maximum Gasteiger partial charge on any atom is 0.161 e. The second-order valence-corrected chi connectivity index (χ2v) is 1.20. The van der Waals surface area contributed by atoms with Crippen LogP contribution in [0.5, 0.6) is 0 Å². The van der Waals surface area contributed by atoms with E-state index in [1.165, 1.54) is 0 Å². The molecule has 0 aliphatic rings. The molecule has 2 nitrogen and oxygen atoms in total. The molecule has 24 valence electrons. The minimum Gasteiger partial charge on any atom is -0.262 e. The van der Waals surface area contributed by atoms with Crippen molar-refractivity contribution in [3.63, 3.8) is 0 Å². The lowest BCUT2D eigenvalue weighted by atomic mass is 13.2. The highest BCUT2D eigenvalue weighted by molar-refractivity contribution is 6.09. The van der Waals surface area contributed by atoms with Gasteiger partial charge in [-0.3, -0.25) is 9.56 Å². The molecule has 0 saturated carbocycles. The fraction of sp³-hybridized carbons (Fsp3) is 0. The topological polar surface area (TPSA) is 24.7 Å². The first-order valence-electron chi connectivity index (χ1n) is 1.09. The molecule has 0 spiro atoms. The quantitative estimate of drug-likeness (QED) is 0.243. The minimum absolute atomic E-state index is 0.883. The third kappa shape index (κ3) is 2.03. The van der Waals surface area contributed by atoms with Crippen LogP contribution in [0.4, 0.5) is 0 Å². The van der Waals surface area contributed by atoms with Gasteiger partial charge in [0.2, 0.25) is 0 Å². The van der Waals surface area contributed by atoms with Gasteiger partial charge in [0, 0.05) is 0 Å². The first-order chi connectivity index (χ1) is 1.91. The number of hydrogen-bond donors (Lipinski definition) is 0. The molecule has 0 N–H and O–H groups in total. The summed E-state index contributed by atoms with van der Waals surface area (Å²) in [5.74, 6) is 0. The predicted octanol–water partition coefficient (Wildman–Crippen LogP) is -2.00. The molecule has 0 unspecified atom stereocenters. The van der Waals surface area contributed by atoms with Gasteiger partial charge in [-0.1, -0.05) is 0 Å². The lowest BCUT2D eigenvalue weighted by Gasteiger charge is -1.55. The van der Waals surface area contributed by atoms with E-state index in [4.69, 9.17) is 0 Å². The molecule has 0 atom stereocenters. The first-order valence-corrected chi connectivity index (χ1v) is 2.88. The SMILES string of the molecule is [SiH3]N=N[SiH3]. The summed E-state index contributed by atoms with van der Waals surface area (Å²) in [6.07, 6.45) is 0. The number of rotatable bonds is 0. The van der Waals surface area contributed by atoms with Gasteiger partial charge in [-0.25, -0.2) is 0 Å². The van der Waals surface area contributed by atoms with Gasteiger partial charge in [0.25, 0.3) is 0 Å². The zero-order valence-electron chi connectivity index (χ0n) is 2.89. The van der Waals surface area contributed by atoms with Crippen LogP contribution in [0.1, 0.15) is 0 Å². The molecule has 0 aromatic heterocycles. The van der Waals surface area contributed by atoms with Crippen molar-refractivity contribution in [2.24, 2.45) is 9.56 Å². The molecule has 0 aromatic carbocycles. The summed E-state index contributed by atoms with van der Waals surface area (Å²) in [6, 6.07) is 0. The van der Waals surface area contributed by atoms with Gasteiger partial charge in [-0.2, -0.15) is 0 Å². The highest BCUT2D eigenvalue weighted by Crippen LogP contribution is 1.44. The van der Waals surface area contributed by atoms with Gasteiger partial charge >= 0.3 is 0 Å². The van der Waals surface area contributed by atoms with Crippen molar-refractivity contribution in [1.82, 2.24) is 0 Å². The lowest BCUT2D eigenvalue weighted by Crippen LogP contribution is -1.45. The molecular weight excluding hydrogens is 84.2 g/mol. The van der Waals surface area contributed by atoms with Crippen molar-refractivity contribution < 1.29 is 0 Å². The molecule has 4 heavy (non-hydrogen) atoms. The number of nitrogens with zero attached hydrogens (tertiary/aromatic N) is 2. The molecule has 0 saturated heterocycles. The molecule has 0 heterocycles. The van der Waals surface area contributed by atoms with Gasteiger partial charge in [-0.15, -0.1) is 0 Å². The highest BCUT2D eigenvalue weighted by Gasteiger charge is 1.31. The molecular formula is H6N2Si2. The molecule has 0 bridgehead atoms. The Morgan fingerprint density at radius 3 is 1.25 bits per heavy atom. The normalized spacial score (nSPS) is 11.0. The smallest absolute Gasteiger partial charge is 0.161 e. The molecule has 0 aliphatic heterocycles. The van der Waals surface area contributed by atoms with Crippen molar-refractivity contribution in [2.45, 2.75) is 0 Å². The summed E-state index contributed by atoms with van der Waals surface area (Å²) >= 11 is 0. The van der Waals surface area contributed by atoms with E-state index in [0.717, 1.165) is 20.8 Å². The van der Waals surface area contributed by atoms with Crippen molar-refractivity contribution in [3.8, 4) is 0 Å². The van der Waals surface area contributed by atoms with E-state index in [-0.39, 0.29) is 0 Å². The highest BCUT2D eigenvalue weighted by atomic mass is 28.2. The van der Waals surface area contributed by atoms with Crippen LogP contribution < -0.4 is 0 Å². The average molecular weight is 90.2 g/mol. The Hall–Kier alpha value is 0.0338. The second-order valence-electron chi connectivity index (χ2n) is 0.400. The monoisotopic (exact) mass is 90.0 g/mol. The molecule has 0 aliphatic carbocycles. The Morgan fingerprint density at radius 1 is 1.00 bits per heavy atom. The Balaban J connectivity index is 2.55. The first kappa shape index (κ1) is 4.03.